The third-order valence-corrected chi connectivity index (χ3v) is 4.59. The quantitative estimate of drug-likeness (QED) is 0.851. The number of benzene rings is 1. The SMILES string of the molecule is O=Cc1cccc(Cl)c1N1CCC2NC(=O)CCC2C1. The molecule has 2 unspecified atom stereocenters. The van der Waals surface area contributed by atoms with Crippen LogP contribution in [-0.2, 0) is 4.79 Å². The van der Waals surface area contributed by atoms with Crippen LogP contribution < -0.4 is 10.2 Å². The van der Waals surface area contributed by atoms with E-state index in [-0.39, 0.29) is 11.9 Å². The standard InChI is InChI=1S/C15H17ClN2O2/c16-12-3-1-2-11(9-19)15(12)18-7-6-13-10(8-18)4-5-14(20)17-13/h1-3,9-10,13H,4-8H2,(H,17,20). The molecular formula is C15H17ClN2O2. The molecule has 0 radical (unpaired) electrons. The van der Waals surface area contributed by atoms with Gasteiger partial charge in [-0.25, -0.2) is 0 Å². The van der Waals surface area contributed by atoms with E-state index >= 15 is 0 Å². The number of nitrogens with one attached hydrogen (secondary N) is 1. The zero-order chi connectivity index (χ0) is 14.1. The smallest absolute Gasteiger partial charge is 0.220 e. The highest BCUT2D eigenvalue weighted by molar-refractivity contribution is 6.33. The van der Waals surface area contributed by atoms with Crippen LogP contribution in [0.1, 0.15) is 29.6 Å². The van der Waals surface area contributed by atoms with E-state index in [1.54, 1.807) is 12.1 Å². The molecule has 0 aliphatic carbocycles. The molecule has 5 heteroatoms. The molecule has 2 atom stereocenters. The van der Waals surface area contributed by atoms with Crippen molar-refractivity contribution in [2.75, 3.05) is 18.0 Å². The summed E-state index contributed by atoms with van der Waals surface area (Å²) in [7, 11) is 0. The summed E-state index contributed by atoms with van der Waals surface area (Å²) >= 11 is 6.27. The summed E-state index contributed by atoms with van der Waals surface area (Å²) in [6.07, 6.45) is 3.27. The first kappa shape index (κ1) is 13.4. The van der Waals surface area contributed by atoms with E-state index in [0.29, 0.717) is 22.9 Å². The van der Waals surface area contributed by atoms with Gasteiger partial charge in [0, 0.05) is 31.1 Å². The summed E-state index contributed by atoms with van der Waals surface area (Å²) in [5.74, 6) is 0.600. The summed E-state index contributed by atoms with van der Waals surface area (Å²) in [6.45, 7) is 1.65. The Morgan fingerprint density at radius 3 is 3.00 bits per heavy atom. The van der Waals surface area contributed by atoms with Crippen molar-refractivity contribution in [3.05, 3.63) is 28.8 Å². The first-order valence-corrected chi connectivity index (χ1v) is 7.35. The number of carbonyl (C=O) groups excluding carboxylic acids is 2. The second-order valence-corrected chi connectivity index (χ2v) is 5.91. The Hall–Kier alpha value is -1.55. The molecule has 2 saturated heterocycles. The third kappa shape index (κ3) is 2.40. The van der Waals surface area contributed by atoms with Crippen molar-refractivity contribution in [3.8, 4) is 0 Å². The van der Waals surface area contributed by atoms with Crippen LogP contribution in [0.5, 0.6) is 0 Å². The number of piperidine rings is 2. The Bertz CT molecular complexity index is 547. The van der Waals surface area contributed by atoms with Gasteiger partial charge in [-0.2, -0.15) is 0 Å². The number of aldehydes is 1. The van der Waals surface area contributed by atoms with Crippen LogP contribution in [0.4, 0.5) is 5.69 Å². The number of halogens is 1. The molecular weight excluding hydrogens is 276 g/mol. The van der Waals surface area contributed by atoms with Crippen LogP contribution in [0.3, 0.4) is 0 Å². The lowest BCUT2D eigenvalue weighted by Gasteiger charge is -2.42. The molecule has 106 valence electrons. The van der Waals surface area contributed by atoms with Crippen LogP contribution in [-0.4, -0.2) is 31.3 Å². The van der Waals surface area contributed by atoms with E-state index in [4.69, 9.17) is 11.6 Å². The Balaban J connectivity index is 1.83. The zero-order valence-electron chi connectivity index (χ0n) is 11.1. The van der Waals surface area contributed by atoms with Crippen molar-refractivity contribution in [2.24, 2.45) is 5.92 Å². The maximum absolute atomic E-state index is 11.4. The molecule has 0 saturated carbocycles. The molecule has 2 fully saturated rings. The number of anilines is 1. The van der Waals surface area contributed by atoms with Crippen LogP contribution in [0.2, 0.25) is 5.02 Å². The second-order valence-electron chi connectivity index (χ2n) is 5.50. The molecule has 2 aliphatic rings. The molecule has 4 nitrogen and oxygen atoms in total. The van der Waals surface area contributed by atoms with Gasteiger partial charge in [0.05, 0.1) is 10.7 Å². The number of rotatable bonds is 2. The lowest BCUT2D eigenvalue weighted by molar-refractivity contribution is -0.124. The van der Waals surface area contributed by atoms with Gasteiger partial charge in [0.25, 0.3) is 0 Å². The predicted molar refractivity (Wildman–Crippen MR) is 78.3 cm³/mol. The molecule has 1 aromatic carbocycles. The molecule has 2 heterocycles. The fraction of sp³-hybridized carbons (Fsp3) is 0.467. The van der Waals surface area contributed by atoms with Gasteiger partial charge in [-0.3, -0.25) is 9.59 Å². The highest BCUT2D eigenvalue weighted by Gasteiger charge is 2.34. The van der Waals surface area contributed by atoms with E-state index in [9.17, 15) is 9.59 Å². The Morgan fingerprint density at radius 1 is 1.35 bits per heavy atom. The van der Waals surface area contributed by atoms with Gasteiger partial charge in [-0.1, -0.05) is 17.7 Å². The van der Waals surface area contributed by atoms with Crippen molar-refractivity contribution >= 4 is 29.5 Å². The number of amides is 1. The van der Waals surface area contributed by atoms with E-state index in [2.05, 4.69) is 10.2 Å². The molecule has 0 bridgehead atoms. The fourth-order valence-electron chi connectivity index (χ4n) is 3.27. The minimum atomic E-state index is 0.158. The molecule has 20 heavy (non-hydrogen) atoms. The maximum atomic E-state index is 11.4. The summed E-state index contributed by atoms with van der Waals surface area (Å²) in [6, 6.07) is 5.68. The maximum Gasteiger partial charge on any atom is 0.220 e. The summed E-state index contributed by atoms with van der Waals surface area (Å²) in [5, 5.41) is 3.68. The van der Waals surface area contributed by atoms with Crippen molar-refractivity contribution < 1.29 is 9.59 Å². The van der Waals surface area contributed by atoms with Crippen molar-refractivity contribution in [1.29, 1.82) is 0 Å². The second kappa shape index (κ2) is 5.44. The Morgan fingerprint density at radius 2 is 2.20 bits per heavy atom. The molecule has 1 aromatic rings. The number of fused-ring (bicyclic) bond motifs is 1. The first-order valence-electron chi connectivity index (χ1n) is 6.97. The number of para-hydroxylation sites is 1. The van der Waals surface area contributed by atoms with E-state index < -0.39 is 0 Å². The van der Waals surface area contributed by atoms with Crippen LogP contribution in [0.25, 0.3) is 0 Å². The Kier molecular flexibility index (Phi) is 3.66. The fourth-order valence-corrected chi connectivity index (χ4v) is 3.58. The molecule has 1 amide bonds. The molecule has 0 aromatic heterocycles. The number of carbonyl (C=O) groups is 2. The van der Waals surface area contributed by atoms with Gasteiger partial charge >= 0.3 is 0 Å². The topological polar surface area (TPSA) is 49.4 Å². The van der Waals surface area contributed by atoms with Crippen molar-refractivity contribution in [1.82, 2.24) is 5.32 Å². The van der Waals surface area contributed by atoms with Crippen LogP contribution in [0.15, 0.2) is 18.2 Å². The van der Waals surface area contributed by atoms with Gasteiger partial charge in [-0.15, -0.1) is 0 Å². The van der Waals surface area contributed by atoms with Gasteiger partial charge in [0.2, 0.25) is 5.91 Å². The first-order chi connectivity index (χ1) is 9.69. The predicted octanol–water partition coefficient (Wildman–Crippen LogP) is 2.26. The van der Waals surface area contributed by atoms with Gasteiger partial charge in [0.15, 0.2) is 6.29 Å². The summed E-state index contributed by atoms with van der Waals surface area (Å²) in [5.41, 5.74) is 1.47. The lowest BCUT2D eigenvalue weighted by atomic mass is 9.85. The van der Waals surface area contributed by atoms with E-state index in [1.807, 2.05) is 6.07 Å². The molecule has 3 rings (SSSR count). The molecule has 2 aliphatic heterocycles. The van der Waals surface area contributed by atoms with Gasteiger partial charge in [-0.05, 0) is 30.9 Å². The largest absolute Gasteiger partial charge is 0.369 e. The zero-order valence-corrected chi connectivity index (χ0v) is 11.9. The third-order valence-electron chi connectivity index (χ3n) is 4.28. The minimum absolute atomic E-state index is 0.158. The highest BCUT2D eigenvalue weighted by atomic mass is 35.5. The number of nitrogens with zero attached hydrogens (tertiary/aromatic N) is 1. The normalized spacial score (nSPS) is 25.9. The summed E-state index contributed by atoms with van der Waals surface area (Å²) in [4.78, 5) is 24.8. The van der Waals surface area contributed by atoms with Crippen LogP contribution >= 0.6 is 11.6 Å². The summed E-state index contributed by atoms with van der Waals surface area (Å²) < 4.78 is 0. The lowest BCUT2D eigenvalue weighted by Crippen LogP contribution is -2.54. The Labute approximate surface area is 123 Å². The monoisotopic (exact) mass is 292 g/mol. The van der Waals surface area contributed by atoms with Crippen molar-refractivity contribution in [3.63, 3.8) is 0 Å². The van der Waals surface area contributed by atoms with E-state index in [1.165, 1.54) is 0 Å². The van der Waals surface area contributed by atoms with Gasteiger partial charge < -0.3 is 10.2 Å². The van der Waals surface area contributed by atoms with E-state index in [0.717, 1.165) is 37.9 Å². The average molecular weight is 293 g/mol. The number of hydrogen-bond acceptors (Lipinski definition) is 3. The molecule has 1 N–H and O–H groups in total. The van der Waals surface area contributed by atoms with Crippen molar-refractivity contribution in [2.45, 2.75) is 25.3 Å². The highest BCUT2D eigenvalue weighted by Crippen LogP contribution is 2.34. The number of hydrogen-bond donors (Lipinski definition) is 1. The van der Waals surface area contributed by atoms with Gasteiger partial charge in [0.1, 0.15) is 0 Å². The minimum Gasteiger partial charge on any atom is -0.369 e. The molecule has 0 spiro atoms. The van der Waals surface area contributed by atoms with Crippen LogP contribution in [0, 0.1) is 5.92 Å². The average Bonchev–Trinajstić information content (AvgIpc) is 2.46.